The minimum Gasteiger partial charge on any atom is -0.486 e. The molecule has 1 N–H and O–H groups in total. The summed E-state index contributed by atoms with van der Waals surface area (Å²) < 4.78 is 12.9. The Hall–Kier alpha value is -2.80. The molecule has 2 aliphatic rings. The number of imide groups is 1. The van der Waals surface area contributed by atoms with Crippen molar-refractivity contribution in [3.05, 3.63) is 47.8 Å². The van der Waals surface area contributed by atoms with Crippen molar-refractivity contribution in [1.82, 2.24) is 14.8 Å². The van der Waals surface area contributed by atoms with Crippen molar-refractivity contribution in [2.75, 3.05) is 26.3 Å². The number of benzene rings is 1. The van der Waals surface area contributed by atoms with E-state index in [2.05, 4.69) is 10.2 Å². The Kier molecular flexibility index (Phi) is 4.85. The SMILES string of the molecule is Cn1cccc1C(=O)NC(=O)CN1CCC[C@@H]1c1ccc2c(c1)OCCO2. The fraction of sp³-hybridized carbons (Fsp3) is 0.400. The summed E-state index contributed by atoms with van der Waals surface area (Å²) in [6.45, 7) is 2.13. The molecule has 0 aliphatic carbocycles. The van der Waals surface area contributed by atoms with Crippen LogP contribution in [0.25, 0.3) is 0 Å². The van der Waals surface area contributed by atoms with E-state index in [0.29, 0.717) is 18.9 Å². The maximum Gasteiger partial charge on any atom is 0.274 e. The van der Waals surface area contributed by atoms with Crippen LogP contribution >= 0.6 is 0 Å². The second-order valence-corrected chi connectivity index (χ2v) is 6.91. The highest BCUT2D eigenvalue weighted by Crippen LogP contribution is 2.37. The van der Waals surface area contributed by atoms with E-state index < -0.39 is 0 Å². The van der Waals surface area contributed by atoms with Gasteiger partial charge in [-0.15, -0.1) is 0 Å². The van der Waals surface area contributed by atoms with Crippen LogP contribution in [0.4, 0.5) is 0 Å². The fourth-order valence-electron chi connectivity index (χ4n) is 3.77. The molecule has 0 saturated carbocycles. The van der Waals surface area contributed by atoms with Crippen molar-refractivity contribution in [2.24, 2.45) is 7.05 Å². The van der Waals surface area contributed by atoms with Crippen LogP contribution in [0.15, 0.2) is 36.5 Å². The lowest BCUT2D eigenvalue weighted by Crippen LogP contribution is -2.40. The third-order valence-corrected chi connectivity index (χ3v) is 5.09. The number of nitrogens with zero attached hydrogens (tertiary/aromatic N) is 2. The molecule has 1 atom stereocenters. The van der Waals surface area contributed by atoms with Crippen LogP contribution in [0, 0.1) is 0 Å². The molecule has 0 radical (unpaired) electrons. The molecule has 0 bridgehead atoms. The topological polar surface area (TPSA) is 72.8 Å². The second kappa shape index (κ2) is 7.44. The van der Waals surface area contributed by atoms with Gasteiger partial charge in [0, 0.05) is 19.3 Å². The first-order chi connectivity index (χ1) is 13.1. The molecule has 2 aromatic rings. The van der Waals surface area contributed by atoms with E-state index in [1.54, 1.807) is 29.9 Å². The molecule has 0 spiro atoms. The number of amides is 2. The highest BCUT2D eigenvalue weighted by Gasteiger charge is 2.29. The Bertz CT molecular complexity index is 861. The van der Waals surface area contributed by atoms with Gasteiger partial charge in [-0.2, -0.15) is 0 Å². The normalized spacial score (nSPS) is 19.1. The Balaban J connectivity index is 1.42. The molecule has 2 amide bonds. The van der Waals surface area contributed by atoms with E-state index in [9.17, 15) is 9.59 Å². The van der Waals surface area contributed by atoms with E-state index in [-0.39, 0.29) is 24.4 Å². The van der Waals surface area contributed by atoms with Gasteiger partial charge in [0.25, 0.3) is 5.91 Å². The zero-order valence-electron chi connectivity index (χ0n) is 15.3. The standard InChI is InChI=1S/C20H23N3O4/c1-22-8-2-5-16(22)20(25)21-19(24)13-23-9-3-4-15(23)14-6-7-17-18(12-14)27-11-10-26-17/h2,5-8,12,15H,3-4,9-11,13H2,1H3,(H,21,24,25)/t15-/m1/s1. The number of nitrogens with one attached hydrogen (secondary N) is 1. The van der Waals surface area contributed by atoms with Crippen molar-refractivity contribution in [2.45, 2.75) is 18.9 Å². The summed E-state index contributed by atoms with van der Waals surface area (Å²) in [6, 6.07) is 9.57. The van der Waals surface area contributed by atoms with Crippen molar-refractivity contribution in [1.29, 1.82) is 0 Å². The molecule has 1 aromatic heterocycles. The van der Waals surface area contributed by atoms with E-state index in [4.69, 9.17) is 9.47 Å². The Morgan fingerprint density at radius 1 is 1.19 bits per heavy atom. The fourth-order valence-corrected chi connectivity index (χ4v) is 3.77. The van der Waals surface area contributed by atoms with E-state index in [0.717, 1.165) is 36.4 Å². The highest BCUT2D eigenvalue weighted by molar-refractivity contribution is 6.04. The molecular weight excluding hydrogens is 346 g/mol. The molecule has 27 heavy (non-hydrogen) atoms. The zero-order valence-corrected chi connectivity index (χ0v) is 15.3. The summed E-state index contributed by atoms with van der Waals surface area (Å²) in [4.78, 5) is 26.7. The number of rotatable bonds is 4. The predicted octanol–water partition coefficient (Wildman–Crippen LogP) is 1.89. The molecule has 3 heterocycles. The van der Waals surface area contributed by atoms with E-state index in [1.807, 2.05) is 18.2 Å². The quantitative estimate of drug-likeness (QED) is 0.891. The highest BCUT2D eigenvalue weighted by atomic mass is 16.6. The van der Waals surface area contributed by atoms with Gasteiger partial charge in [0.15, 0.2) is 11.5 Å². The second-order valence-electron chi connectivity index (χ2n) is 6.91. The summed E-state index contributed by atoms with van der Waals surface area (Å²) in [5.41, 5.74) is 1.58. The smallest absolute Gasteiger partial charge is 0.274 e. The van der Waals surface area contributed by atoms with Gasteiger partial charge in [-0.1, -0.05) is 6.07 Å². The number of hydrogen-bond acceptors (Lipinski definition) is 5. The minimum atomic E-state index is -0.373. The first kappa shape index (κ1) is 17.6. The summed E-state index contributed by atoms with van der Waals surface area (Å²) in [6.07, 6.45) is 3.76. The number of aryl methyl sites for hydroxylation is 1. The Labute approximate surface area is 157 Å². The van der Waals surface area contributed by atoms with Crippen LogP contribution in [0.1, 0.15) is 34.9 Å². The molecular formula is C20H23N3O4. The van der Waals surface area contributed by atoms with Crippen LogP contribution in [0.2, 0.25) is 0 Å². The van der Waals surface area contributed by atoms with Gasteiger partial charge in [-0.05, 0) is 49.2 Å². The van der Waals surface area contributed by atoms with Crippen LogP contribution in [0.3, 0.4) is 0 Å². The first-order valence-electron chi connectivity index (χ1n) is 9.21. The molecule has 4 rings (SSSR count). The van der Waals surface area contributed by atoms with Crippen LogP contribution in [-0.2, 0) is 11.8 Å². The van der Waals surface area contributed by atoms with Gasteiger partial charge in [0.05, 0.1) is 6.54 Å². The molecule has 1 fully saturated rings. The van der Waals surface area contributed by atoms with Crippen LogP contribution < -0.4 is 14.8 Å². The maximum atomic E-state index is 12.4. The number of carbonyl (C=O) groups is 2. The lowest BCUT2D eigenvalue weighted by Gasteiger charge is -2.26. The van der Waals surface area contributed by atoms with E-state index >= 15 is 0 Å². The van der Waals surface area contributed by atoms with Gasteiger partial charge in [0.1, 0.15) is 18.9 Å². The molecule has 7 heteroatoms. The third kappa shape index (κ3) is 3.68. The van der Waals surface area contributed by atoms with E-state index in [1.165, 1.54) is 0 Å². The van der Waals surface area contributed by atoms with Crippen LogP contribution in [0.5, 0.6) is 11.5 Å². The number of likely N-dealkylation sites (tertiary alicyclic amines) is 1. The third-order valence-electron chi connectivity index (χ3n) is 5.09. The average molecular weight is 369 g/mol. The Morgan fingerprint density at radius 3 is 2.78 bits per heavy atom. The van der Waals surface area contributed by atoms with Crippen LogP contribution in [-0.4, -0.2) is 47.6 Å². The number of carbonyl (C=O) groups excluding carboxylic acids is 2. The molecule has 142 valence electrons. The molecule has 1 aromatic carbocycles. The van der Waals surface area contributed by atoms with Gasteiger partial charge in [0.2, 0.25) is 5.91 Å². The maximum absolute atomic E-state index is 12.4. The molecule has 0 unspecified atom stereocenters. The first-order valence-corrected chi connectivity index (χ1v) is 9.21. The van der Waals surface area contributed by atoms with Crippen molar-refractivity contribution < 1.29 is 19.1 Å². The van der Waals surface area contributed by atoms with Gasteiger partial charge in [-0.3, -0.25) is 19.8 Å². The lowest BCUT2D eigenvalue weighted by atomic mass is 10.0. The number of hydrogen-bond donors (Lipinski definition) is 1. The number of ether oxygens (including phenoxy) is 2. The number of fused-ring (bicyclic) bond motifs is 1. The molecule has 2 aliphatic heterocycles. The van der Waals surface area contributed by atoms with Crippen molar-refractivity contribution >= 4 is 11.8 Å². The van der Waals surface area contributed by atoms with Gasteiger partial charge >= 0.3 is 0 Å². The molecule has 1 saturated heterocycles. The summed E-state index contributed by atoms with van der Waals surface area (Å²) in [7, 11) is 1.78. The lowest BCUT2D eigenvalue weighted by molar-refractivity contribution is -0.121. The average Bonchev–Trinajstić information content (AvgIpc) is 3.30. The summed E-state index contributed by atoms with van der Waals surface area (Å²) in [5.74, 6) is 0.864. The Morgan fingerprint density at radius 2 is 2.00 bits per heavy atom. The predicted molar refractivity (Wildman–Crippen MR) is 98.9 cm³/mol. The monoisotopic (exact) mass is 369 g/mol. The number of aromatic nitrogens is 1. The zero-order chi connectivity index (χ0) is 18.8. The van der Waals surface area contributed by atoms with Gasteiger partial charge in [-0.25, -0.2) is 0 Å². The summed E-state index contributed by atoms with van der Waals surface area (Å²) >= 11 is 0. The van der Waals surface area contributed by atoms with Crippen molar-refractivity contribution in [3.63, 3.8) is 0 Å². The van der Waals surface area contributed by atoms with Crippen molar-refractivity contribution in [3.8, 4) is 11.5 Å². The van der Waals surface area contributed by atoms with Gasteiger partial charge < -0.3 is 14.0 Å². The largest absolute Gasteiger partial charge is 0.486 e. The minimum absolute atomic E-state index is 0.136. The molecule has 7 nitrogen and oxygen atoms in total. The summed E-state index contributed by atoms with van der Waals surface area (Å²) in [5, 5.41) is 2.49.